The Bertz CT molecular complexity index is 1820. The third-order valence-corrected chi connectivity index (χ3v) is 12.0. The van der Waals surface area contributed by atoms with Gasteiger partial charge in [0.25, 0.3) is 17.5 Å². The van der Waals surface area contributed by atoms with Crippen LogP contribution in [0.5, 0.6) is 0 Å². The number of primary amides is 1. The molecule has 2 aromatic rings. The fourth-order valence-electron chi connectivity index (χ4n) is 7.44. The van der Waals surface area contributed by atoms with Crippen LogP contribution in [0.15, 0.2) is 30.5 Å². The quantitative estimate of drug-likeness (QED) is 0.131. The SMILES string of the molecule is CC(C)(O)c1cnnn1[C@H]1C[C@@H](C(=O)NC2(C(=O)C(N)=O)CCS(=O)(=O)CC2)N(C(=O)[C@@H](CC2CCCCC2)NC(=O)c2ccc([N+](=O)[O-])cc2)C1. The average molecular weight is 745 g/mol. The van der Waals surface area contributed by atoms with Gasteiger partial charge in [-0.05, 0) is 51.2 Å². The van der Waals surface area contributed by atoms with Gasteiger partial charge in [0.1, 0.15) is 23.2 Å². The predicted octanol–water partition coefficient (Wildman–Crippen LogP) is 0.443. The van der Waals surface area contributed by atoms with Crippen LogP contribution >= 0.6 is 0 Å². The van der Waals surface area contributed by atoms with Crippen LogP contribution in [0.2, 0.25) is 0 Å². The number of aliphatic hydroxyl groups is 1. The van der Waals surface area contributed by atoms with Gasteiger partial charge in [-0.25, -0.2) is 13.1 Å². The molecule has 282 valence electrons. The van der Waals surface area contributed by atoms with E-state index in [0.717, 1.165) is 32.1 Å². The fourth-order valence-corrected chi connectivity index (χ4v) is 8.96. The summed E-state index contributed by atoms with van der Waals surface area (Å²) < 4.78 is 26.0. The number of hydrogen-bond acceptors (Lipinski definition) is 12. The summed E-state index contributed by atoms with van der Waals surface area (Å²) in [6.45, 7) is 2.92. The maximum absolute atomic E-state index is 14.7. The third-order valence-electron chi connectivity index (χ3n) is 10.4. The zero-order valence-electron chi connectivity index (χ0n) is 29.0. The Morgan fingerprint density at radius 3 is 2.31 bits per heavy atom. The first-order chi connectivity index (χ1) is 24.4. The number of non-ortho nitro benzene ring substituents is 1. The molecule has 3 heterocycles. The van der Waals surface area contributed by atoms with Crippen LogP contribution in [0.3, 0.4) is 0 Å². The van der Waals surface area contributed by atoms with Crippen LogP contribution in [-0.4, -0.2) is 103 Å². The molecule has 52 heavy (non-hydrogen) atoms. The van der Waals surface area contributed by atoms with Gasteiger partial charge < -0.3 is 26.4 Å². The monoisotopic (exact) mass is 744 g/mol. The standard InChI is InChI=1S/C33H44N8O10S/c1-32(2,47)26-18-35-38-40(26)23-17-25(30(45)37-33(27(42)28(34)43)12-14-52(50,51)15-13-33)39(19-23)31(46)24(16-20-6-4-3-5-7-20)36-29(44)21-8-10-22(11-9-21)41(48)49/h8-11,18,20,23-25,47H,3-7,12-17,19H2,1-2H3,(H2,34,43)(H,36,44)(H,37,45)/t23-,24+,25-/m0/s1. The molecule has 0 bridgehead atoms. The number of Topliss-reactive ketones (excluding diaryl/α,β-unsaturated/α-hetero) is 1. The van der Waals surface area contributed by atoms with Gasteiger partial charge in [-0.2, -0.15) is 0 Å². The molecule has 4 amide bonds. The van der Waals surface area contributed by atoms with Crippen molar-refractivity contribution in [2.24, 2.45) is 11.7 Å². The topological polar surface area (TPSA) is 267 Å². The minimum atomic E-state index is -3.55. The first-order valence-electron chi connectivity index (χ1n) is 17.3. The summed E-state index contributed by atoms with van der Waals surface area (Å²) in [6.07, 6.45) is 5.29. The minimum Gasteiger partial charge on any atom is -0.384 e. The predicted molar refractivity (Wildman–Crippen MR) is 183 cm³/mol. The summed E-state index contributed by atoms with van der Waals surface area (Å²) in [7, 11) is -3.55. The summed E-state index contributed by atoms with van der Waals surface area (Å²) in [5, 5.41) is 35.5. The van der Waals surface area contributed by atoms with E-state index in [2.05, 4.69) is 20.9 Å². The minimum absolute atomic E-state index is 0.0725. The Labute approximate surface area is 299 Å². The first kappa shape index (κ1) is 38.5. The number of rotatable bonds is 12. The number of hydrogen-bond donors (Lipinski definition) is 4. The number of nitrogens with two attached hydrogens (primary N) is 1. The zero-order valence-corrected chi connectivity index (χ0v) is 29.8. The Morgan fingerprint density at radius 2 is 1.73 bits per heavy atom. The van der Waals surface area contributed by atoms with E-state index in [4.69, 9.17) is 5.73 Å². The molecule has 1 aromatic carbocycles. The van der Waals surface area contributed by atoms with Crippen LogP contribution in [-0.2, 0) is 34.6 Å². The number of sulfone groups is 1. The van der Waals surface area contributed by atoms with Gasteiger partial charge in [0, 0.05) is 30.7 Å². The van der Waals surface area contributed by atoms with Crippen molar-refractivity contribution in [1.82, 2.24) is 30.5 Å². The number of likely N-dealkylation sites (tertiary alicyclic amines) is 1. The second kappa shape index (κ2) is 15.1. The summed E-state index contributed by atoms with van der Waals surface area (Å²) in [6, 6.07) is 1.77. The molecule has 1 saturated carbocycles. The van der Waals surface area contributed by atoms with Gasteiger partial charge in [0.05, 0.1) is 34.4 Å². The smallest absolute Gasteiger partial charge is 0.287 e. The summed E-state index contributed by atoms with van der Waals surface area (Å²) in [4.78, 5) is 79.5. The molecule has 0 unspecified atom stereocenters. The molecule has 3 atom stereocenters. The summed E-state index contributed by atoms with van der Waals surface area (Å²) in [5.74, 6) is -5.51. The number of carbonyl (C=O) groups is 5. The molecular weight excluding hydrogens is 700 g/mol. The van der Waals surface area contributed by atoms with Gasteiger partial charge in [0.15, 0.2) is 9.84 Å². The number of amides is 4. The number of carbonyl (C=O) groups excluding carboxylic acids is 5. The van der Waals surface area contributed by atoms with Crippen molar-refractivity contribution in [2.45, 2.75) is 101 Å². The van der Waals surface area contributed by atoms with E-state index in [1.165, 1.54) is 53.9 Å². The first-order valence-corrected chi connectivity index (χ1v) is 19.1. The van der Waals surface area contributed by atoms with E-state index in [1.807, 2.05) is 0 Å². The van der Waals surface area contributed by atoms with Crippen molar-refractivity contribution in [1.29, 1.82) is 0 Å². The van der Waals surface area contributed by atoms with E-state index in [-0.39, 0.29) is 36.6 Å². The fraction of sp³-hybridized carbons (Fsp3) is 0.606. The van der Waals surface area contributed by atoms with Crippen LogP contribution in [0.25, 0.3) is 0 Å². The molecule has 18 nitrogen and oxygen atoms in total. The lowest BCUT2D eigenvalue weighted by Crippen LogP contribution is -2.64. The van der Waals surface area contributed by atoms with Gasteiger partial charge in [-0.3, -0.25) is 34.1 Å². The highest BCUT2D eigenvalue weighted by molar-refractivity contribution is 7.91. The molecule has 0 radical (unpaired) electrons. The van der Waals surface area contributed by atoms with Gasteiger partial charge in [0.2, 0.25) is 17.6 Å². The number of nitrogens with one attached hydrogen (secondary N) is 2. The lowest BCUT2D eigenvalue weighted by Gasteiger charge is -2.37. The number of nitro groups is 1. The molecule has 3 aliphatic rings. The Hall–Kier alpha value is -4.78. The lowest BCUT2D eigenvalue weighted by atomic mass is 9.84. The maximum Gasteiger partial charge on any atom is 0.287 e. The van der Waals surface area contributed by atoms with E-state index >= 15 is 0 Å². The van der Waals surface area contributed by atoms with Crippen molar-refractivity contribution < 1.29 is 42.4 Å². The zero-order chi connectivity index (χ0) is 38.0. The van der Waals surface area contributed by atoms with Crippen LogP contribution in [0.4, 0.5) is 5.69 Å². The second-order valence-corrected chi connectivity index (χ2v) is 16.8. The highest BCUT2D eigenvalue weighted by Gasteiger charge is 2.50. The molecule has 3 fully saturated rings. The highest BCUT2D eigenvalue weighted by atomic mass is 32.2. The number of benzene rings is 1. The Balaban J connectivity index is 1.49. The molecule has 2 saturated heterocycles. The van der Waals surface area contributed by atoms with Crippen molar-refractivity contribution in [3.8, 4) is 0 Å². The van der Waals surface area contributed by atoms with E-state index in [9.17, 15) is 47.6 Å². The highest BCUT2D eigenvalue weighted by Crippen LogP contribution is 2.35. The largest absolute Gasteiger partial charge is 0.384 e. The van der Waals surface area contributed by atoms with E-state index in [1.54, 1.807) is 0 Å². The van der Waals surface area contributed by atoms with Crippen LogP contribution in [0, 0.1) is 16.0 Å². The van der Waals surface area contributed by atoms with Crippen LogP contribution in [0.1, 0.15) is 93.7 Å². The number of nitro benzene ring substituents is 1. The Morgan fingerprint density at radius 1 is 1.10 bits per heavy atom. The lowest BCUT2D eigenvalue weighted by molar-refractivity contribution is -0.384. The normalized spacial score (nSPS) is 22.2. The van der Waals surface area contributed by atoms with Gasteiger partial charge in [-0.15, -0.1) is 5.10 Å². The molecule has 0 spiro atoms. The van der Waals surface area contributed by atoms with E-state index < -0.39 is 97.8 Å². The summed E-state index contributed by atoms with van der Waals surface area (Å²) >= 11 is 0. The van der Waals surface area contributed by atoms with Crippen molar-refractivity contribution >= 4 is 44.9 Å². The third kappa shape index (κ3) is 8.46. The van der Waals surface area contributed by atoms with Crippen molar-refractivity contribution in [3.05, 3.63) is 51.8 Å². The summed E-state index contributed by atoms with van der Waals surface area (Å²) in [5.41, 5.74) is 2.18. The number of nitrogens with zero attached hydrogens (tertiary/aromatic N) is 5. The molecule has 2 aliphatic heterocycles. The van der Waals surface area contributed by atoms with Gasteiger partial charge in [-0.1, -0.05) is 37.3 Å². The molecular formula is C33H44N8O10S. The molecule has 1 aromatic heterocycles. The molecule has 1 aliphatic carbocycles. The molecule has 19 heteroatoms. The molecule has 5 rings (SSSR count). The van der Waals surface area contributed by atoms with E-state index in [0.29, 0.717) is 5.69 Å². The average Bonchev–Trinajstić information content (AvgIpc) is 3.77. The second-order valence-electron chi connectivity index (χ2n) is 14.5. The number of aromatic nitrogens is 3. The van der Waals surface area contributed by atoms with Crippen molar-refractivity contribution in [2.75, 3.05) is 18.1 Å². The van der Waals surface area contributed by atoms with Crippen molar-refractivity contribution in [3.63, 3.8) is 0 Å². The molecule has 5 N–H and O–H groups in total. The Kier molecular flexibility index (Phi) is 11.1. The number of ketones is 1. The van der Waals surface area contributed by atoms with Gasteiger partial charge >= 0.3 is 0 Å². The van der Waals surface area contributed by atoms with Crippen LogP contribution < -0.4 is 16.4 Å². The maximum atomic E-state index is 14.7.